The molecule has 0 bridgehead atoms. The van der Waals surface area contributed by atoms with Gasteiger partial charge in [-0.15, -0.1) is 0 Å². The minimum Gasteiger partial charge on any atom is -0.357 e. The third-order valence-electron chi connectivity index (χ3n) is 3.58. The summed E-state index contributed by atoms with van der Waals surface area (Å²) in [5.74, 6) is 1.13. The van der Waals surface area contributed by atoms with Crippen LogP contribution in [0.25, 0.3) is 22.9 Å². The van der Waals surface area contributed by atoms with Crippen LogP contribution >= 0.6 is 0 Å². The van der Waals surface area contributed by atoms with E-state index in [0.29, 0.717) is 18.2 Å². The van der Waals surface area contributed by atoms with Crippen molar-refractivity contribution in [2.24, 2.45) is 0 Å². The molecule has 118 valence electrons. The summed E-state index contributed by atoms with van der Waals surface area (Å²) in [6.45, 7) is 0.507. The number of nitrogens with one attached hydrogen (secondary N) is 3. The van der Waals surface area contributed by atoms with Crippen molar-refractivity contribution >= 4 is 11.6 Å². The Kier molecular flexibility index (Phi) is 3.51. The van der Waals surface area contributed by atoms with Gasteiger partial charge >= 0.3 is 0 Å². The fourth-order valence-electron chi connectivity index (χ4n) is 2.45. The number of carbonyl (C=O) groups is 1. The lowest BCUT2D eigenvalue weighted by Gasteiger charge is -2.07. The van der Waals surface area contributed by atoms with Gasteiger partial charge in [-0.2, -0.15) is 5.10 Å². The van der Waals surface area contributed by atoms with Gasteiger partial charge in [0, 0.05) is 29.2 Å². The third kappa shape index (κ3) is 2.87. The Hall–Kier alpha value is -3.48. The molecule has 2 aromatic heterocycles. The van der Waals surface area contributed by atoms with Crippen LogP contribution in [0.4, 0.5) is 5.69 Å². The summed E-state index contributed by atoms with van der Waals surface area (Å²) in [5.41, 5.74) is 3.32. The van der Waals surface area contributed by atoms with Crippen molar-refractivity contribution in [3.05, 3.63) is 60.4 Å². The highest BCUT2D eigenvalue weighted by atomic mass is 16.1. The first-order chi connectivity index (χ1) is 11.8. The minimum absolute atomic E-state index is 0.0809. The van der Waals surface area contributed by atoms with E-state index in [4.69, 9.17) is 0 Å². The van der Waals surface area contributed by atoms with Gasteiger partial charge in [0.05, 0.1) is 6.54 Å². The average Bonchev–Trinajstić information content (AvgIpc) is 3.25. The second-order valence-corrected chi connectivity index (χ2v) is 5.32. The van der Waals surface area contributed by atoms with E-state index in [1.54, 1.807) is 12.3 Å². The molecule has 0 unspecified atom stereocenters. The van der Waals surface area contributed by atoms with Gasteiger partial charge in [-0.25, -0.2) is 4.98 Å². The number of hydrogen-bond donors (Lipinski definition) is 3. The molecule has 0 spiro atoms. The summed E-state index contributed by atoms with van der Waals surface area (Å²) in [6.07, 6.45) is 3.27. The van der Waals surface area contributed by atoms with Gasteiger partial charge in [0.2, 0.25) is 5.91 Å². The molecule has 7 nitrogen and oxygen atoms in total. The van der Waals surface area contributed by atoms with Gasteiger partial charge in [-0.1, -0.05) is 18.2 Å². The van der Waals surface area contributed by atoms with Crippen LogP contribution in [0.15, 0.2) is 60.4 Å². The zero-order chi connectivity index (χ0) is 16.4. The molecule has 3 aromatic rings. The van der Waals surface area contributed by atoms with E-state index in [9.17, 15) is 4.79 Å². The molecule has 7 heteroatoms. The Morgan fingerprint density at radius 3 is 2.88 bits per heavy atom. The molecule has 0 atom stereocenters. The van der Waals surface area contributed by atoms with E-state index in [1.807, 2.05) is 42.5 Å². The van der Waals surface area contributed by atoms with Crippen molar-refractivity contribution in [2.75, 3.05) is 11.9 Å². The van der Waals surface area contributed by atoms with Crippen molar-refractivity contribution in [2.45, 2.75) is 0 Å². The summed E-state index contributed by atoms with van der Waals surface area (Å²) < 4.78 is 0. The maximum Gasteiger partial charge on any atom is 0.246 e. The lowest BCUT2D eigenvalue weighted by Crippen LogP contribution is -2.16. The molecule has 0 saturated heterocycles. The molecule has 1 aromatic carbocycles. The second-order valence-electron chi connectivity index (χ2n) is 5.32. The van der Waals surface area contributed by atoms with Crippen molar-refractivity contribution in [3.8, 4) is 22.9 Å². The number of aromatic amines is 1. The van der Waals surface area contributed by atoms with Crippen LogP contribution in [0.2, 0.25) is 0 Å². The van der Waals surface area contributed by atoms with Crippen LogP contribution in [-0.4, -0.2) is 32.6 Å². The molecule has 1 amide bonds. The highest BCUT2D eigenvalue weighted by molar-refractivity contribution is 5.91. The summed E-state index contributed by atoms with van der Waals surface area (Å²) >= 11 is 0. The number of benzene rings is 1. The number of nitrogens with zero attached hydrogens (tertiary/aromatic N) is 3. The zero-order valence-corrected chi connectivity index (χ0v) is 12.7. The van der Waals surface area contributed by atoms with Crippen LogP contribution in [0.5, 0.6) is 0 Å². The summed E-state index contributed by atoms with van der Waals surface area (Å²) in [7, 11) is 0. The Morgan fingerprint density at radius 1 is 1.12 bits per heavy atom. The van der Waals surface area contributed by atoms with E-state index in [1.165, 1.54) is 0 Å². The van der Waals surface area contributed by atoms with Crippen molar-refractivity contribution in [3.63, 3.8) is 0 Å². The number of H-pyrrole nitrogens is 1. The molecule has 3 heterocycles. The lowest BCUT2D eigenvalue weighted by molar-refractivity contribution is -0.115. The van der Waals surface area contributed by atoms with Crippen LogP contribution in [0.3, 0.4) is 0 Å². The molecule has 1 aliphatic rings. The number of aromatic nitrogens is 4. The Balaban J connectivity index is 1.59. The number of anilines is 1. The Bertz CT molecular complexity index is 916. The lowest BCUT2D eigenvalue weighted by atomic mass is 10.2. The van der Waals surface area contributed by atoms with Gasteiger partial charge in [-0.05, 0) is 24.3 Å². The Labute approximate surface area is 137 Å². The van der Waals surface area contributed by atoms with Crippen molar-refractivity contribution in [1.82, 2.24) is 25.5 Å². The van der Waals surface area contributed by atoms with E-state index >= 15 is 0 Å². The summed E-state index contributed by atoms with van der Waals surface area (Å²) in [4.78, 5) is 20.0. The van der Waals surface area contributed by atoms with Crippen LogP contribution < -0.4 is 10.6 Å². The fourth-order valence-corrected chi connectivity index (χ4v) is 2.45. The minimum atomic E-state index is -0.0809. The topological polar surface area (TPSA) is 95.6 Å². The Morgan fingerprint density at radius 2 is 2.08 bits per heavy atom. The molecular formula is C17H14N6O. The number of carbonyl (C=O) groups excluding carboxylic acids is 1. The number of amides is 1. The van der Waals surface area contributed by atoms with Gasteiger partial charge < -0.3 is 10.6 Å². The smallest absolute Gasteiger partial charge is 0.246 e. The monoisotopic (exact) mass is 318 g/mol. The number of pyridine rings is 1. The standard InChI is InChI=1S/C17H14N6O/c24-15-9-13(10-19-15)20-12-5-3-4-11(8-12)16-21-17(23-22-16)14-6-1-2-7-18-14/h1-9,20H,10H2,(H,19,24)(H,21,22,23). The molecule has 3 N–H and O–H groups in total. The largest absolute Gasteiger partial charge is 0.357 e. The highest BCUT2D eigenvalue weighted by Gasteiger charge is 2.12. The SMILES string of the molecule is O=C1C=C(Nc2cccc(-c3n[nH]c(-c4ccccn4)n3)c2)CN1. The van der Waals surface area contributed by atoms with Gasteiger partial charge in [0.15, 0.2) is 11.6 Å². The number of hydrogen-bond acceptors (Lipinski definition) is 5. The van der Waals surface area contributed by atoms with Crippen LogP contribution in [0.1, 0.15) is 0 Å². The zero-order valence-electron chi connectivity index (χ0n) is 12.7. The fraction of sp³-hybridized carbons (Fsp3) is 0.0588. The van der Waals surface area contributed by atoms with Crippen molar-refractivity contribution in [1.29, 1.82) is 0 Å². The maximum atomic E-state index is 11.2. The maximum absolute atomic E-state index is 11.2. The second kappa shape index (κ2) is 5.96. The van der Waals surface area contributed by atoms with Gasteiger partial charge in [0.1, 0.15) is 5.69 Å². The van der Waals surface area contributed by atoms with Gasteiger partial charge in [-0.3, -0.25) is 14.9 Å². The van der Waals surface area contributed by atoms with E-state index < -0.39 is 0 Å². The summed E-state index contributed by atoms with van der Waals surface area (Å²) in [6, 6.07) is 13.3. The van der Waals surface area contributed by atoms with E-state index in [0.717, 1.165) is 22.6 Å². The first kappa shape index (κ1) is 14.1. The molecule has 0 aliphatic carbocycles. The predicted molar refractivity (Wildman–Crippen MR) is 89.8 cm³/mol. The van der Waals surface area contributed by atoms with Gasteiger partial charge in [0.25, 0.3) is 0 Å². The first-order valence-corrected chi connectivity index (χ1v) is 7.47. The molecule has 1 aliphatic heterocycles. The number of rotatable bonds is 4. The first-order valence-electron chi connectivity index (χ1n) is 7.47. The molecule has 4 rings (SSSR count). The predicted octanol–water partition coefficient (Wildman–Crippen LogP) is 1.96. The third-order valence-corrected chi connectivity index (χ3v) is 3.58. The quantitative estimate of drug-likeness (QED) is 0.683. The normalized spacial score (nSPS) is 13.5. The van der Waals surface area contributed by atoms with E-state index in [2.05, 4.69) is 30.8 Å². The van der Waals surface area contributed by atoms with Crippen molar-refractivity contribution < 1.29 is 4.79 Å². The van der Waals surface area contributed by atoms with Crippen LogP contribution in [0, 0.1) is 0 Å². The molecule has 0 fully saturated rings. The molecule has 24 heavy (non-hydrogen) atoms. The molecular weight excluding hydrogens is 304 g/mol. The molecule has 0 radical (unpaired) electrons. The average molecular weight is 318 g/mol. The van der Waals surface area contributed by atoms with E-state index in [-0.39, 0.29) is 5.91 Å². The highest BCUT2D eigenvalue weighted by Crippen LogP contribution is 2.22. The molecule has 0 saturated carbocycles. The van der Waals surface area contributed by atoms with Crippen LogP contribution in [-0.2, 0) is 4.79 Å². The summed E-state index contributed by atoms with van der Waals surface area (Å²) in [5, 5.41) is 13.1.